The second-order valence-corrected chi connectivity index (χ2v) is 11.8. The van der Waals surface area contributed by atoms with Crippen LogP contribution < -0.4 is 20.4 Å². The average Bonchev–Trinajstić information content (AvgIpc) is 3.69. The molecule has 2 unspecified atom stereocenters. The number of aryl methyl sites for hydroxylation is 1. The second kappa shape index (κ2) is 10.8. The molecule has 3 N–H and O–H groups in total. The van der Waals surface area contributed by atoms with Gasteiger partial charge in [0.05, 0.1) is 11.9 Å². The Morgan fingerprint density at radius 3 is 2.62 bits per heavy atom. The molecule has 14 heteroatoms. The van der Waals surface area contributed by atoms with Crippen LogP contribution in [0, 0.1) is 0 Å². The summed E-state index contributed by atoms with van der Waals surface area (Å²) in [4.78, 5) is 16.1. The number of aliphatic hydroxyl groups is 1. The van der Waals surface area contributed by atoms with E-state index in [2.05, 4.69) is 38.7 Å². The van der Waals surface area contributed by atoms with Crippen LogP contribution in [-0.2, 0) is 25.7 Å². The molecule has 39 heavy (non-hydrogen) atoms. The minimum absolute atomic E-state index is 0.0879. The number of rotatable bonds is 8. The molecule has 0 bridgehead atoms. The number of hydrogen-bond donors (Lipinski definition) is 3. The van der Waals surface area contributed by atoms with Crippen LogP contribution in [0.4, 0.5) is 24.9 Å². The Labute approximate surface area is 228 Å². The zero-order valence-corrected chi connectivity index (χ0v) is 22.7. The molecule has 2 aliphatic heterocycles. The molecule has 10 nitrogen and oxygen atoms in total. The van der Waals surface area contributed by atoms with Crippen molar-refractivity contribution in [3.63, 3.8) is 0 Å². The molecule has 0 spiro atoms. The van der Waals surface area contributed by atoms with Crippen LogP contribution >= 0.6 is 11.3 Å². The largest absolute Gasteiger partial charge is 0.451 e. The Morgan fingerprint density at radius 2 is 1.85 bits per heavy atom. The number of thiophene rings is 1. The molecule has 0 radical (unpaired) electrons. The lowest BCUT2D eigenvalue weighted by atomic mass is 10.2. The molecule has 1 saturated carbocycles. The number of aliphatic hydroxyl groups excluding tert-OH is 1. The van der Waals surface area contributed by atoms with Crippen molar-refractivity contribution in [2.45, 2.75) is 89.6 Å². The molecule has 2 fully saturated rings. The van der Waals surface area contributed by atoms with Crippen LogP contribution in [-0.4, -0.2) is 67.9 Å². The molecule has 212 valence electrons. The van der Waals surface area contributed by atoms with E-state index in [0.717, 1.165) is 59.3 Å². The standard InChI is InChI=1S/C25H34F3N9OS/c1-2-5-17-12-18-20(35-10-11-37-19(14-35)33-34-22(37)25(26,27)28)31-23(32-21(18)39-17)36-9-8-16(13-36)30-24(38)29-15-6-3-4-7-15/h12,15-16,24,29-30,38H,2-11,13-14H2,1H3. The Balaban J connectivity index is 1.23. The fourth-order valence-corrected chi connectivity index (χ4v) is 7.03. The van der Waals surface area contributed by atoms with E-state index in [1.54, 1.807) is 11.3 Å². The van der Waals surface area contributed by atoms with Gasteiger partial charge in [-0.15, -0.1) is 21.5 Å². The van der Waals surface area contributed by atoms with Gasteiger partial charge in [-0.25, -0.2) is 4.98 Å². The smallest absolute Gasteiger partial charge is 0.365 e. The lowest BCUT2D eigenvalue weighted by Gasteiger charge is -2.30. The van der Waals surface area contributed by atoms with Crippen LogP contribution in [0.3, 0.4) is 0 Å². The van der Waals surface area contributed by atoms with E-state index in [4.69, 9.17) is 9.97 Å². The van der Waals surface area contributed by atoms with E-state index >= 15 is 0 Å². The maximum Gasteiger partial charge on any atom is 0.451 e. The van der Waals surface area contributed by atoms with E-state index < -0.39 is 18.4 Å². The number of nitrogens with zero attached hydrogens (tertiary/aromatic N) is 7. The minimum Gasteiger partial charge on any atom is -0.365 e. The molecular formula is C25H34F3N9OS. The summed E-state index contributed by atoms with van der Waals surface area (Å²) in [6.07, 6.45) is 2.08. The van der Waals surface area contributed by atoms with Gasteiger partial charge in [-0.3, -0.25) is 10.6 Å². The molecule has 2 atom stereocenters. The molecule has 5 heterocycles. The highest BCUT2D eigenvalue weighted by atomic mass is 32.1. The van der Waals surface area contributed by atoms with Gasteiger partial charge in [0.2, 0.25) is 11.8 Å². The van der Waals surface area contributed by atoms with Crippen LogP contribution in [0.2, 0.25) is 0 Å². The summed E-state index contributed by atoms with van der Waals surface area (Å²) < 4.78 is 41.3. The maximum absolute atomic E-state index is 13.4. The van der Waals surface area contributed by atoms with Gasteiger partial charge in [-0.1, -0.05) is 26.2 Å². The summed E-state index contributed by atoms with van der Waals surface area (Å²) in [7, 11) is 0. The van der Waals surface area contributed by atoms with Crippen LogP contribution in [0.1, 0.15) is 62.0 Å². The van der Waals surface area contributed by atoms with Crippen molar-refractivity contribution in [3.05, 3.63) is 22.6 Å². The van der Waals surface area contributed by atoms with Crippen LogP contribution in [0.15, 0.2) is 6.07 Å². The first-order valence-electron chi connectivity index (χ1n) is 13.8. The van der Waals surface area contributed by atoms with E-state index in [0.29, 0.717) is 25.1 Å². The zero-order valence-electron chi connectivity index (χ0n) is 21.9. The number of hydrogen-bond acceptors (Lipinski definition) is 10. The zero-order chi connectivity index (χ0) is 27.1. The Hall–Kier alpha value is -2.55. The van der Waals surface area contributed by atoms with Gasteiger partial charge in [0.25, 0.3) is 0 Å². The van der Waals surface area contributed by atoms with Crippen molar-refractivity contribution in [3.8, 4) is 0 Å². The molecule has 3 aromatic rings. The van der Waals surface area contributed by atoms with Gasteiger partial charge in [0.1, 0.15) is 10.6 Å². The SMILES string of the molecule is CCCc1cc2c(N3CCn4c(nnc4C(F)(F)F)C3)nc(N3CCC(NC(O)NC4CCCC4)C3)nc2s1. The lowest BCUT2D eigenvalue weighted by molar-refractivity contribution is -0.147. The van der Waals surface area contributed by atoms with E-state index in [1.807, 2.05) is 4.90 Å². The predicted octanol–water partition coefficient (Wildman–Crippen LogP) is 3.25. The number of halogens is 3. The molecule has 0 aromatic carbocycles. The minimum atomic E-state index is -4.54. The first kappa shape index (κ1) is 26.7. The summed E-state index contributed by atoms with van der Waals surface area (Å²) in [5, 5.41) is 25.3. The summed E-state index contributed by atoms with van der Waals surface area (Å²) in [5.41, 5.74) is 0. The molecule has 3 aliphatic rings. The Bertz CT molecular complexity index is 1310. The number of anilines is 2. The van der Waals surface area contributed by atoms with E-state index in [-0.39, 0.29) is 25.0 Å². The van der Waals surface area contributed by atoms with Gasteiger partial charge < -0.3 is 19.5 Å². The topological polar surface area (TPSA) is 107 Å². The number of fused-ring (bicyclic) bond motifs is 2. The quantitative estimate of drug-likeness (QED) is 0.355. The summed E-state index contributed by atoms with van der Waals surface area (Å²) >= 11 is 1.64. The fourth-order valence-electron chi connectivity index (χ4n) is 5.91. The highest BCUT2D eigenvalue weighted by Gasteiger charge is 2.40. The van der Waals surface area contributed by atoms with Gasteiger partial charge >= 0.3 is 6.18 Å². The molecule has 1 aliphatic carbocycles. The number of aromatic nitrogens is 5. The molecule has 1 saturated heterocycles. The molecular weight excluding hydrogens is 531 g/mol. The van der Waals surface area contributed by atoms with Crippen molar-refractivity contribution >= 4 is 33.3 Å². The molecule has 6 rings (SSSR count). The van der Waals surface area contributed by atoms with Crippen LogP contribution in [0.5, 0.6) is 0 Å². The third kappa shape index (κ3) is 5.56. The second-order valence-electron chi connectivity index (χ2n) is 10.7. The third-order valence-corrected chi connectivity index (χ3v) is 8.92. The van der Waals surface area contributed by atoms with Gasteiger partial charge in [0.15, 0.2) is 12.2 Å². The molecule has 3 aromatic heterocycles. The van der Waals surface area contributed by atoms with Crippen molar-refractivity contribution in [2.24, 2.45) is 0 Å². The Kier molecular flexibility index (Phi) is 7.37. The predicted molar refractivity (Wildman–Crippen MR) is 143 cm³/mol. The maximum atomic E-state index is 13.4. The fraction of sp³-hybridized carbons (Fsp3) is 0.680. The first-order chi connectivity index (χ1) is 18.8. The van der Waals surface area contributed by atoms with E-state index in [1.165, 1.54) is 17.7 Å². The number of alkyl halides is 3. The third-order valence-electron chi connectivity index (χ3n) is 7.83. The highest BCUT2D eigenvalue weighted by molar-refractivity contribution is 7.18. The van der Waals surface area contributed by atoms with Crippen molar-refractivity contribution in [1.82, 2.24) is 35.4 Å². The molecule has 0 amide bonds. The monoisotopic (exact) mass is 565 g/mol. The van der Waals surface area contributed by atoms with Gasteiger partial charge in [-0.2, -0.15) is 18.2 Å². The van der Waals surface area contributed by atoms with Gasteiger partial charge in [-0.05, 0) is 31.7 Å². The van der Waals surface area contributed by atoms with Crippen molar-refractivity contribution < 1.29 is 18.3 Å². The normalized spacial score (nSPS) is 21.3. The number of nitrogens with one attached hydrogen (secondary N) is 2. The summed E-state index contributed by atoms with van der Waals surface area (Å²) in [5.74, 6) is 0.649. The Morgan fingerprint density at radius 1 is 1.05 bits per heavy atom. The average molecular weight is 566 g/mol. The van der Waals surface area contributed by atoms with Gasteiger partial charge in [0, 0.05) is 43.1 Å². The summed E-state index contributed by atoms with van der Waals surface area (Å²) in [6, 6.07) is 2.56. The van der Waals surface area contributed by atoms with Crippen molar-refractivity contribution in [2.75, 3.05) is 29.4 Å². The van der Waals surface area contributed by atoms with Crippen molar-refractivity contribution in [1.29, 1.82) is 0 Å². The van der Waals surface area contributed by atoms with Crippen LogP contribution in [0.25, 0.3) is 10.2 Å². The lowest BCUT2D eigenvalue weighted by Crippen LogP contribution is -2.51. The first-order valence-corrected chi connectivity index (χ1v) is 14.6. The highest BCUT2D eigenvalue weighted by Crippen LogP contribution is 2.36. The summed E-state index contributed by atoms with van der Waals surface area (Å²) in [6.45, 7) is 4.22. The van der Waals surface area contributed by atoms with E-state index in [9.17, 15) is 18.3 Å².